The quantitative estimate of drug-likeness (QED) is 0.481. The van der Waals surface area contributed by atoms with Crippen molar-refractivity contribution in [3.8, 4) is 11.5 Å². The molecule has 8 nitrogen and oxygen atoms in total. The molecule has 158 valence electrons. The first-order valence-corrected chi connectivity index (χ1v) is 9.60. The van der Waals surface area contributed by atoms with Crippen LogP contribution in [-0.4, -0.2) is 57.6 Å². The Hall–Kier alpha value is -3.10. The summed E-state index contributed by atoms with van der Waals surface area (Å²) in [5, 5.41) is 3.24. The summed E-state index contributed by atoms with van der Waals surface area (Å²) in [6, 6.07) is 11.4. The van der Waals surface area contributed by atoms with Gasteiger partial charge in [0.15, 0.2) is 19.0 Å². The number of benzene rings is 2. The molecule has 0 bridgehead atoms. The zero-order valence-electron chi connectivity index (χ0n) is 16.4. The van der Waals surface area contributed by atoms with Gasteiger partial charge in [-0.2, -0.15) is 0 Å². The number of fused-ring (bicyclic) bond motifs is 1. The van der Waals surface area contributed by atoms with Gasteiger partial charge in [0.05, 0.1) is 12.3 Å². The molecule has 9 heteroatoms. The standard InChI is InChI=1S/C21H21ClN2O6/c1-28-9-8-23-20(26)11-24-17-10-14(2-7-19(17)30-13-21(24)27)18(25)12-29-16-5-3-15(22)4-6-16/h2-7,10H,8-9,11-13H2,1H3,(H,23,26). The van der Waals surface area contributed by atoms with Crippen LogP contribution in [0.5, 0.6) is 11.5 Å². The third-order valence-electron chi connectivity index (χ3n) is 4.34. The molecule has 0 radical (unpaired) electrons. The number of nitrogens with zero attached hydrogens (tertiary/aromatic N) is 1. The summed E-state index contributed by atoms with van der Waals surface area (Å²) in [7, 11) is 1.53. The molecule has 0 spiro atoms. The minimum absolute atomic E-state index is 0.175. The van der Waals surface area contributed by atoms with Gasteiger partial charge in [0.2, 0.25) is 5.91 Å². The first-order valence-electron chi connectivity index (χ1n) is 9.22. The number of ketones is 1. The van der Waals surface area contributed by atoms with Crippen molar-refractivity contribution in [3.05, 3.63) is 53.1 Å². The van der Waals surface area contributed by atoms with Crippen molar-refractivity contribution in [2.75, 3.05) is 44.9 Å². The van der Waals surface area contributed by atoms with Crippen LogP contribution in [0.2, 0.25) is 5.02 Å². The number of nitrogens with one attached hydrogen (secondary N) is 1. The topological polar surface area (TPSA) is 94.2 Å². The largest absolute Gasteiger partial charge is 0.485 e. The number of ether oxygens (including phenoxy) is 3. The molecule has 1 aliphatic heterocycles. The molecule has 1 heterocycles. The van der Waals surface area contributed by atoms with Crippen molar-refractivity contribution in [2.45, 2.75) is 0 Å². The third-order valence-corrected chi connectivity index (χ3v) is 4.59. The van der Waals surface area contributed by atoms with Gasteiger partial charge in [0.25, 0.3) is 5.91 Å². The van der Waals surface area contributed by atoms with Crippen LogP contribution in [0.3, 0.4) is 0 Å². The second-order valence-corrected chi connectivity index (χ2v) is 6.90. The molecule has 0 fully saturated rings. The Kier molecular flexibility index (Phi) is 7.26. The summed E-state index contributed by atoms with van der Waals surface area (Å²) in [5.41, 5.74) is 0.705. The van der Waals surface area contributed by atoms with E-state index in [9.17, 15) is 14.4 Å². The van der Waals surface area contributed by atoms with E-state index in [2.05, 4.69) is 5.32 Å². The fraction of sp³-hybridized carbons (Fsp3) is 0.286. The number of hydrogen-bond donors (Lipinski definition) is 1. The molecule has 0 aliphatic carbocycles. The summed E-state index contributed by atoms with van der Waals surface area (Å²) in [4.78, 5) is 38.3. The molecule has 2 aromatic rings. The normalized spacial score (nSPS) is 12.7. The number of methoxy groups -OCH3 is 1. The van der Waals surface area contributed by atoms with E-state index in [0.29, 0.717) is 40.9 Å². The highest BCUT2D eigenvalue weighted by atomic mass is 35.5. The van der Waals surface area contributed by atoms with Crippen LogP contribution in [0.25, 0.3) is 0 Å². The molecule has 0 saturated carbocycles. The average Bonchev–Trinajstić information content (AvgIpc) is 2.75. The molecule has 0 aromatic heterocycles. The second-order valence-electron chi connectivity index (χ2n) is 6.46. The summed E-state index contributed by atoms with van der Waals surface area (Å²) < 4.78 is 15.8. The highest BCUT2D eigenvalue weighted by Gasteiger charge is 2.28. The van der Waals surface area contributed by atoms with E-state index in [1.807, 2.05) is 0 Å². The third kappa shape index (κ3) is 5.49. The van der Waals surface area contributed by atoms with Gasteiger partial charge in [0.1, 0.15) is 18.0 Å². The van der Waals surface area contributed by atoms with E-state index in [1.54, 1.807) is 36.4 Å². The van der Waals surface area contributed by atoms with Crippen LogP contribution < -0.4 is 19.7 Å². The highest BCUT2D eigenvalue weighted by molar-refractivity contribution is 6.30. The maximum Gasteiger partial charge on any atom is 0.265 e. The van der Waals surface area contributed by atoms with E-state index < -0.39 is 0 Å². The monoisotopic (exact) mass is 432 g/mol. The summed E-state index contributed by atoms with van der Waals surface area (Å²) >= 11 is 5.83. The van der Waals surface area contributed by atoms with E-state index in [-0.39, 0.29) is 37.4 Å². The Morgan fingerprint density at radius 2 is 1.97 bits per heavy atom. The second kappa shape index (κ2) is 10.1. The maximum atomic E-state index is 12.6. The first-order chi connectivity index (χ1) is 14.5. The Balaban J connectivity index is 1.70. The first kappa shape index (κ1) is 21.6. The van der Waals surface area contributed by atoms with Gasteiger partial charge in [-0.1, -0.05) is 11.6 Å². The van der Waals surface area contributed by atoms with Crippen molar-refractivity contribution in [2.24, 2.45) is 0 Å². The van der Waals surface area contributed by atoms with Gasteiger partial charge >= 0.3 is 0 Å². The summed E-state index contributed by atoms with van der Waals surface area (Å²) in [6.07, 6.45) is 0. The molecule has 1 aliphatic rings. The van der Waals surface area contributed by atoms with Crippen molar-refractivity contribution < 1.29 is 28.6 Å². The number of amides is 2. The summed E-state index contributed by atoms with van der Waals surface area (Å²) in [6.45, 7) is 0.156. The van der Waals surface area contributed by atoms with Gasteiger partial charge in [-0.15, -0.1) is 0 Å². The van der Waals surface area contributed by atoms with Crippen LogP contribution >= 0.6 is 11.6 Å². The van der Waals surface area contributed by atoms with Crippen LogP contribution in [-0.2, 0) is 14.3 Å². The van der Waals surface area contributed by atoms with E-state index in [0.717, 1.165) is 0 Å². The van der Waals surface area contributed by atoms with Gasteiger partial charge in [-0.05, 0) is 42.5 Å². The lowest BCUT2D eigenvalue weighted by atomic mass is 10.1. The van der Waals surface area contributed by atoms with Gasteiger partial charge in [0, 0.05) is 24.2 Å². The van der Waals surface area contributed by atoms with Crippen LogP contribution in [0.15, 0.2) is 42.5 Å². The molecule has 0 unspecified atom stereocenters. The number of rotatable bonds is 9. The fourth-order valence-corrected chi connectivity index (χ4v) is 2.93. The molecule has 3 rings (SSSR count). The van der Waals surface area contributed by atoms with Crippen molar-refractivity contribution in [1.82, 2.24) is 5.32 Å². The van der Waals surface area contributed by atoms with Gasteiger partial charge in [-0.25, -0.2) is 0 Å². The SMILES string of the molecule is COCCNC(=O)CN1C(=O)COc2ccc(C(=O)COc3ccc(Cl)cc3)cc21. The Morgan fingerprint density at radius 3 is 2.70 bits per heavy atom. The van der Waals surface area contributed by atoms with Crippen LogP contribution in [0.4, 0.5) is 5.69 Å². The summed E-state index contributed by atoms with van der Waals surface area (Å²) in [5.74, 6) is -0.0502. The van der Waals surface area contributed by atoms with E-state index in [1.165, 1.54) is 18.1 Å². The number of Topliss-reactive ketones (excluding diaryl/α,β-unsaturated/α-hetero) is 1. The lowest BCUT2D eigenvalue weighted by Crippen LogP contribution is -2.45. The molecule has 2 amide bonds. The van der Waals surface area contributed by atoms with Crippen LogP contribution in [0, 0.1) is 0 Å². The molecule has 0 saturated heterocycles. The molecule has 1 N–H and O–H groups in total. The highest BCUT2D eigenvalue weighted by Crippen LogP contribution is 2.33. The predicted molar refractivity (Wildman–Crippen MR) is 110 cm³/mol. The number of halogens is 1. The van der Waals surface area contributed by atoms with Gasteiger partial charge in [-0.3, -0.25) is 19.3 Å². The van der Waals surface area contributed by atoms with Crippen molar-refractivity contribution >= 4 is 34.9 Å². The predicted octanol–water partition coefficient (Wildman–Crippen LogP) is 2.09. The average molecular weight is 433 g/mol. The zero-order valence-corrected chi connectivity index (χ0v) is 17.1. The Labute approximate surface area is 178 Å². The lowest BCUT2D eigenvalue weighted by Gasteiger charge is -2.29. The van der Waals surface area contributed by atoms with Gasteiger partial charge < -0.3 is 19.5 Å². The zero-order chi connectivity index (χ0) is 21.5. The minimum Gasteiger partial charge on any atom is -0.485 e. The number of carbonyl (C=O) groups excluding carboxylic acids is 3. The number of hydrogen-bond acceptors (Lipinski definition) is 6. The van der Waals surface area contributed by atoms with Crippen molar-refractivity contribution in [1.29, 1.82) is 0 Å². The smallest absolute Gasteiger partial charge is 0.265 e. The molecular formula is C21H21ClN2O6. The van der Waals surface area contributed by atoms with E-state index in [4.69, 9.17) is 25.8 Å². The number of carbonyl (C=O) groups is 3. The maximum absolute atomic E-state index is 12.6. The lowest BCUT2D eigenvalue weighted by molar-refractivity contribution is -0.125. The van der Waals surface area contributed by atoms with Crippen molar-refractivity contribution in [3.63, 3.8) is 0 Å². The Morgan fingerprint density at radius 1 is 1.20 bits per heavy atom. The number of anilines is 1. The fourth-order valence-electron chi connectivity index (χ4n) is 2.80. The van der Waals surface area contributed by atoms with Crippen LogP contribution in [0.1, 0.15) is 10.4 Å². The molecule has 30 heavy (non-hydrogen) atoms. The molecular weight excluding hydrogens is 412 g/mol. The molecule has 0 atom stereocenters. The van der Waals surface area contributed by atoms with E-state index >= 15 is 0 Å². The minimum atomic E-state index is -0.369. The molecule has 2 aromatic carbocycles. The Bertz CT molecular complexity index is 932.